The lowest BCUT2D eigenvalue weighted by Gasteiger charge is -2.22. The number of nitrogens with one attached hydrogen (secondary N) is 2. The van der Waals surface area contributed by atoms with E-state index in [0.717, 1.165) is 4.90 Å². The second kappa shape index (κ2) is 8.89. The first kappa shape index (κ1) is 22.3. The Balaban J connectivity index is 1.50. The Morgan fingerprint density at radius 3 is 2.61 bits per heavy atom. The summed E-state index contributed by atoms with van der Waals surface area (Å²) >= 11 is 0. The topological polar surface area (TPSA) is 115 Å². The quantitative estimate of drug-likeness (QED) is 0.588. The van der Waals surface area contributed by atoms with Crippen LogP contribution in [-0.4, -0.2) is 49.3 Å². The van der Waals surface area contributed by atoms with Gasteiger partial charge >= 0.3 is 6.03 Å². The summed E-state index contributed by atoms with van der Waals surface area (Å²) in [4.78, 5) is 39.4. The minimum Gasteiger partial charge on any atom is -0.494 e. The van der Waals surface area contributed by atoms with Gasteiger partial charge in [-0.2, -0.15) is 0 Å². The van der Waals surface area contributed by atoms with E-state index >= 15 is 0 Å². The maximum absolute atomic E-state index is 13.2. The first-order valence-corrected chi connectivity index (χ1v) is 10.6. The predicted octanol–water partition coefficient (Wildman–Crippen LogP) is 2.62. The van der Waals surface area contributed by atoms with Crippen molar-refractivity contribution in [3.05, 3.63) is 42.0 Å². The summed E-state index contributed by atoms with van der Waals surface area (Å²) in [6, 6.07) is 9.41. The van der Waals surface area contributed by atoms with Gasteiger partial charge in [-0.3, -0.25) is 14.5 Å². The fraction of sp³-hybridized carbons (Fsp3) is 0.348. The fourth-order valence-electron chi connectivity index (χ4n) is 3.72. The highest BCUT2D eigenvalue weighted by Gasteiger charge is 2.50. The van der Waals surface area contributed by atoms with Gasteiger partial charge in [0.15, 0.2) is 11.5 Å². The maximum Gasteiger partial charge on any atom is 0.325 e. The molecule has 2 N–H and O–H groups in total. The van der Waals surface area contributed by atoms with E-state index < -0.39 is 29.9 Å². The summed E-state index contributed by atoms with van der Waals surface area (Å²) in [5.41, 5.74) is -0.432. The molecular formula is C23H25N3O7. The molecule has 0 spiro atoms. The van der Waals surface area contributed by atoms with Crippen LogP contribution in [0, 0.1) is 0 Å². The minimum atomic E-state index is -1.34. The zero-order valence-electron chi connectivity index (χ0n) is 18.6. The van der Waals surface area contributed by atoms with E-state index in [-0.39, 0.29) is 6.79 Å². The van der Waals surface area contributed by atoms with Gasteiger partial charge in [0, 0.05) is 6.07 Å². The molecule has 2 aromatic carbocycles. The number of urea groups is 1. The molecule has 10 nitrogen and oxygen atoms in total. The van der Waals surface area contributed by atoms with Crippen molar-refractivity contribution < 1.29 is 33.3 Å². The number of imide groups is 1. The molecule has 0 aromatic heterocycles. The van der Waals surface area contributed by atoms with Crippen molar-refractivity contribution in [3.8, 4) is 23.0 Å². The minimum absolute atomic E-state index is 0.0936. The molecule has 1 saturated heterocycles. The van der Waals surface area contributed by atoms with E-state index in [1.807, 2.05) is 13.8 Å². The van der Waals surface area contributed by atoms with Gasteiger partial charge in [-0.1, -0.05) is 6.07 Å². The van der Waals surface area contributed by atoms with Gasteiger partial charge in [-0.25, -0.2) is 4.79 Å². The van der Waals surface area contributed by atoms with Crippen LogP contribution in [0.2, 0.25) is 0 Å². The zero-order chi connectivity index (χ0) is 23.6. The van der Waals surface area contributed by atoms with Crippen molar-refractivity contribution in [2.75, 3.05) is 31.9 Å². The maximum atomic E-state index is 13.2. The SMILES string of the molecule is CCOc1ccc(OCC)c(NC(=O)CN2C(=O)NC(C)(c3ccc4c(c3)OCO4)C2=O)c1. The molecule has 0 bridgehead atoms. The van der Waals surface area contributed by atoms with Crippen LogP contribution in [0.15, 0.2) is 36.4 Å². The summed E-state index contributed by atoms with van der Waals surface area (Å²) in [5.74, 6) is 0.968. The van der Waals surface area contributed by atoms with Gasteiger partial charge in [0.2, 0.25) is 12.7 Å². The van der Waals surface area contributed by atoms with Gasteiger partial charge < -0.3 is 29.6 Å². The van der Waals surface area contributed by atoms with Crippen LogP contribution in [0.3, 0.4) is 0 Å². The number of anilines is 1. The molecule has 174 valence electrons. The average molecular weight is 455 g/mol. The first-order valence-electron chi connectivity index (χ1n) is 10.6. The normalized spacial score (nSPS) is 18.8. The van der Waals surface area contributed by atoms with Gasteiger partial charge in [0.25, 0.3) is 5.91 Å². The Morgan fingerprint density at radius 2 is 1.85 bits per heavy atom. The van der Waals surface area contributed by atoms with Crippen molar-refractivity contribution >= 4 is 23.5 Å². The number of fused-ring (bicyclic) bond motifs is 1. The van der Waals surface area contributed by atoms with Gasteiger partial charge in [0.1, 0.15) is 23.6 Å². The highest BCUT2D eigenvalue weighted by atomic mass is 16.7. The second-order valence-electron chi connectivity index (χ2n) is 7.59. The number of carbonyl (C=O) groups excluding carboxylic acids is 3. The van der Waals surface area contributed by atoms with Crippen LogP contribution in [-0.2, 0) is 15.1 Å². The number of hydrogen-bond acceptors (Lipinski definition) is 7. The summed E-state index contributed by atoms with van der Waals surface area (Å²) in [7, 11) is 0. The third kappa shape index (κ3) is 4.23. The third-order valence-corrected chi connectivity index (χ3v) is 5.36. The lowest BCUT2D eigenvalue weighted by atomic mass is 9.91. The number of rotatable bonds is 8. The van der Waals surface area contributed by atoms with Crippen LogP contribution in [0.25, 0.3) is 0 Å². The number of ether oxygens (including phenoxy) is 4. The van der Waals surface area contributed by atoms with Gasteiger partial charge in [0.05, 0.1) is 18.9 Å². The molecule has 2 aromatic rings. The molecule has 0 radical (unpaired) electrons. The molecule has 10 heteroatoms. The van der Waals surface area contributed by atoms with Crippen molar-refractivity contribution in [3.63, 3.8) is 0 Å². The predicted molar refractivity (Wildman–Crippen MR) is 118 cm³/mol. The van der Waals surface area contributed by atoms with Crippen LogP contribution >= 0.6 is 0 Å². The molecule has 0 saturated carbocycles. The second-order valence-corrected chi connectivity index (χ2v) is 7.59. The van der Waals surface area contributed by atoms with E-state index in [4.69, 9.17) is 18.9 Å². The number of hydrogen-bond donors (Lipinski definition) is 2. The number of nitrogens with zero attached hydrogens (tertiary/aromatic N) is 1. The van der Waals surface area contributed by atoms with Gasteiger partial charge in [-0.05, 0) is 50.6 Å². The Labute approximate surface area is 190 Å². The lowest BCUT2D eigenvalue weighted by Crippen LogP contribution is -2.42. The molecule has 0 aliphatic carbocycles. The van der Waals surface area contributed by atoms with E-state index in [2.05, 4.69) is 10.6 Å². The van der Waals surface area contributed by atoms with E-state index in [1.165, 1.54) is 0 Å². The molecule has 2 heterocycles. The number of benzene rings is 2. The van der Waals surface area contributed by atoms with Crippen molar-refractivity contribution in [2.24, 2.45) is 0 Å². The molecule has 2 aliphatic heterocycles. The molecular weight excluding hydrogens is 430 g/mol. The van der Waals surface area contributed by atoms with Crippen molar-refractivity contribution in [2.45, 2.75) is 26.3 Å². The van der Waals surface area contributed by atoms with Crippen molar-refractivity contribution in [1.82, 2.24) is 10.2 Å². The zero-order valence-corrected chi connectivity index (χ0v) is 18.6. The summed E-state index contributed by atoms with van der Waals surface area (Å²) < 4.78 is 21.7. The van der Waals surface area contributed by atoms with Crippen LogP contribution in [0.5, 0.6) is 23.0 Å². The number of amides is 4. The molecule has 4 amide bonds. The Hall–Kier alpha value is -3.95. The van der Waals surface area contributed by atoms with E-state index in [9.17, 15) is 14.4 Å². The molecule has 1 unspecified atom stereocenters. The highest BCUT2D eigenvalue weighted by Crippen LogP contribution is 2.38. The Kier molecular flexibility index (Phi) is 5.99. The smallest absolute Gasteiger partial charge is 0.325 e. The summed E-state index contributed by atoms with van der Waals surface area (Å²) in [6.07, 6.45) is 0. The molecule has 1 atom stereocenters. The summed E-state index contributed by atoms with van der Waals surface area (Å²) in [5, 5.41) is 5.39. The van der Waals surface area contributed by atoms with Crippen LogP contribution < -0.4 is 29.6 Å². The average Bonchev–Trinajstić information content (AvgIpc) is 3.34. The first-order chi connectivity index (χ1) is 15.9. The largest absolute Gasteiger partial charge is 0.494 e. The Morgan fingerprint density at radius 1 is 1.09 bits per heavy atom. The van der Waals surface area contributed by atoms with Gasteiger partial charge in [-0.15, -0.1) is 0 Å². The standard InChI is InChI=1S/C23H25N3O7/c1-4-30-15-7-9-17(31-5-2)16(11-15)24-20(27)12-26-21(28)23(3,25-22(26)29)14-6-8-18-19(10-14)33-13-32-18/h6-11H,4-5,12-13H2,1-3H3,(H,24,27)(H,25,29). The fourth-order valence-corrected chi connectivity index (χ4v) is 3.72. The molecule has 2 aliphatic rings. The lowest BCUT2D eigenvalue weighted by molar-refractivity contribution is -0.133. The third-order valence-electron chi connectivity index (χ3n) is 5.36. The van der Waals surface area contributed by atoms with E-state index in [0.29, 0.717) is 47.5 Å². The number of carbonyl (C=O) groups is 3. The molecule has 1 fully saturated rings. The highest BCUT2D eigenvalue weighted by molar-refractivity contribution is 6.10. The molecule has 4 rings (SSSR count). The van der Waals surface area contributed by atoms with Crippen LogP contribution in [0.4, 0.5) is 10.5 Å². The summed E-state index contributed by atoms with van der Waals surface area (Å²) in [6.45, 7) is 5.75. The Bertz CT molecular complexity index is 1100. The van der Waals surface area contributed by atoms with Crippen molar-refractivity contribution in [1.29, 1.82) is 0 Å². The van der Waals surface area contributed by atoms with Crippen LogP contribution in [0.1, 0.15) is 26.3 Å². The monoisotopic (exact) mass is 455 g/mol. The molecule has 33 heavy (non-hydrogen) atoms. The van der Waals surface area contributed by atoms with E-state index in [1.54, 1.807) is 43.3 Å².